The van der Waals surface area contributed by atoms with Gasteiger partial charge in [0.1, 0.15) is 0 Å². The molecule has 0 saturated heterocycles. The summed E-state index contributed by atoms with van der Waals surface area (Å²) < 4.78 is 0. The molecule has 0 saturated carbocycles. The van der Waals surface area contributed by atoms with Gasteiger partial charge in [-0.3, -0.25) is 4.98 Å². The summed E-state index contributed by atoms with van der Waals surface area (Å²) in [6.07, 6.45) is 4.68. The normalized spacial score (nSPS) is 12.2. The van der Waals surface area contributed by atoms with E-state index in [1.165, 1.54) is 16.8 Å². The third kappa shape index (κ3) is 3.55. The number of nitrogens with zero attached hydrogens (tertiary/aromatic N) is 2. The Morgan fingerprint density at radius 1 is 1.16 bits per heavy atom. The lowest BCUT2D eigenvalue weighted by Gasteiger charge is -2.24. The summed E-state index contributed by atoms with van der Waals surface area (Å²) in [5.74, 6) is 0. The lowest BCUT2D eigenvalue weighted by atomic mass is 10.1. The number of rotatable bonds is 5. The minimum Gasteiger partial charge on any atom is -0.374 e. The Morgan fingerprint density at radius 3 is 2.53 bits per heavy atom. The number of likely N-dealkylation sites (N-methyl/N-ethyl adjacent to an activating group) is 1. The average molecular weight is 255 g/mol. The van der Waals surface area contributed by atoms with E-state index in [1.807, 2.05) is 25.4 Å². The Kier molecular flexibility index (Phi) is 4.53. The fourth-order valence-electron chi connectivity index (χ4n) is 2.19. The Morgan fingerprint density at radius 2 is 1.84 bits per heavy atom. The second kappa shape index (κ2) is 6.34. The van der Waals surface area contributed by atoms with Crippen molar-refractivity contribution in [2.24, 2.45) is 5.73 Å². The van der Waals surface area contributed by atoms with Gasteiger partial charge in [-0.2, -0.15) is 0 Å². The molecule has 1 heterocycles. The Bertz CT molecular complexity index is 508. The second-order valence-electron chi connectivity index (χ2n) is 4.87. The molecule has 19 heavy (non-hydrogen) atoms. The average Bonchev–Trinajstić information content (AvgIpc) is 2.46. The summed E-state index contributed by atoms with van der Waals surface area (Å²) in [4.78, 5) is 6.30. The number of para-hydroxylation sites is 1. The Hall–Kier alpha value is -1.87. The van der Waals surface area contributed by atoms with Gasteiger partial charge in [0.2, 0.25) is 0 Å². The van der Waals surface area contributed by atoms with Crippen LogP contribution in [0.5, 0.6) is 0 Å². The smallest absolute Gasteiger partial charge is 0.0412 e. The third-order valence-corrected chi connectivity index (χ3v) is 3.32. The van der Waals surface area contributed by atoms with Crippen molar-refractivity contribution in [1.29, 1.82) is 0 Å². The molecule has 0 aliphatic rings. The molecule has 0 aliphatic heterocycles. The highest BCUT2D eigenvalue weighted by Crippen LogP contribution is 2.24. The van der Waals surface area contributed by atoms with E-state index in [0.717, 1.165) is 13.0 Å². The molecule has 100 valence electrons. The van der Waals surface area contributed by atoms with Crippen molar-refractivity contribution in [2.45, 2.75) is 19.4 Å². The van der Waals surface area contributed by atoms with Gasteiger partial charge in [0, 0.05) is 37.7 Å². The number of anilines is 1. The van der Waals surface area contributed by atoms with Gasteiger partial charge < -0.3 is 10.6 Å². The molecule has 0 aliphatic carbocycles. The summed E-state index contributed by atoms with van der Waals surface area (Å²) in [6, 6.07) is 12.5. The highest BCUT2D eigenvalue weighted by Gasteiger charge is 2.09. The zero-order chi connectivity index (χ0) is 13.7. The van der Waals surface area contributed by atoms with Crippen LogP contribution in [0.3, 0.4) is 0 Å². The van der Waals surface area contributed by atoms with Crippen LogP contribution in [0.4, 0.5) is 5.69 Å². The van der Waals surface area contributed by atoms with Crippen molar-refractivity contribution in [3.05, 3.63) is 59.9 Å². The Balaban J connectivity index is 2.06. The molecule has 0 bridgehead atoms. The molecule has 2 aromatic rings. The highest BCUT2D eigenvalue weighted by molar-refractivity contribution is 5.54. The Labute approximate surface area is 115 Å². The second-order valence-corrected chi connectivity index (χ2v) is 4.87. The zero-order valence-corrected chi connectivity index (χ0v) is 11.6. The van der Waals surface area contributed by atoms with Crippen molar-refractivity contribution < 1.29 is 0 Å². The van der Waals surface area contributed by atoms with E-state index in [0.29, 0.717) is 0 Å². The van der Waals surface area contributed by atoms with Gasteiger partial charge in [0.25, 0.3) is 0 Å². The molecule has 0 unspecified atom stereocenters. The van der Waals surface area contributed by atoms with Gasteiger partial charge in [0.05, 0.1) is 0 Å². The molecule has 0 amide bonds. The topological polar surface area (TPSA) is 42.1 Å². The lowest BCUT2D eigenvalue weighted by molar-refractivity contribution is 0.796. The zero-order valence-electron chi connectivity index (χ0n) is 11.6. The van der Waals surface area contributed by atoms with E-state index in [9.17, 15) is 0 Å². The number of aromatic nitrogens is 1. The molecule has 1 atom stereocenters. The number of hydrogen-bond acceptors (Lipinski definition) is 3. The van der Waals surface area contributed by atoms with Gasteiger partial charge in [-0.05, 0) is 42.7 Å². The predicted molar refractivity (Wildman–Crippen MR) is 80.3 cm³/mol. The van der Waals surface area contributed by atoms with E-state index in [2.05, 4.69) is 47.3 Å². The van der Waals surface area contributed by atoms with Crippen LogP contribution in [0, 0.1) is 0 Å². The van der Waals surface area contributed by atoms with Crippen LogP contribution in [0.15, 0.2) is 48.8 Å². The molecule has 2 N–H and O–H groups in total. The van der Waals surface area contributed by atoms with Gasteiger partial charge in [0.15, 0.2) is 0 Å². The van der Waals surface area contributed by atoms with Crippen molar-refractivity contribution in [3.63, 3.8) is 0 Å². The number of nitrogens with two attached hydrogens (primary N) is 1. The summed E-state index contributed by atoms with van der Waals surface area (Å²) in [5, 5.41) is 0. The molecule has 1 aromatic heterocycles. The van der Waals surface area contributed by atoms with E-state index in [1.54, 1.807) is 0 Å². The minimum atomic E-state index is 0.0552. The van der Waals surface area contributed by atoms with Crippen LogP contribution in [0.2, 0.25) is 0 Å². The first-order valence-electron chi connectivity index (χ1n) is 6.63. The quantitative estimate of drug-likeness (QED) is 0.893. The highest BCUT2D eigenvalue weighted by atomic mass is 15.1. The van der Waals surface area contributed by atoms with Crippen LogP contribution >= 0.6 is 0 Å². The summed E-state index contributed by atoms with van der Waals surface area (Å²) in [6.45, 7) is 2.99. The maximum absolute atomic E-state index is 6.02. The first-order chi connectivity index (χ1) is 9.18. The SMILES string of the molecule is C[C@H](N)c1ccccc1N(C)CCc1ccncc1. The van der Waals surface area contributed by atoms with E-state index < -0.39 is 0 Å². The van der Waals surface area contributed by atoms with Gasteiger partial charge in [-0.1, -0.05) is 18.2 Å². The van der Waals surface area contributed by atoms with Crippen molar-refractivity contribution >= 4 is 5.69 Å². The fraction of sp³-hybridized carbons (Fsp3) is 0.312. The van der Waals surface area contributed by atoms with Crippen LogP contribution in [-0.2, 0) is 6.42 Å². The van der Waals surface area contributed by atoms with Crippen LogP contribution < -0.4 is 10.6 Å². The van der Waals surface area contributed by atoms with Crippen molar-refractivity contribution in [3.8, 4) is 0 Å². The molecule has 1 aromatic carbocycles. The molecule has 3 nitrogen and oxygen atoms in total. The lowest BCUT2D eigenvalue weighted by Crippen LogP contribution is -2.23. The van der Waals surface area contributed by atoms with Crippen LogP contribution in [-0.4, -0.2) is 18.6 Å². The van der Waals surface area contributed by atoms with E-state index in [-0.39, 0.29) is 6.04 Å². The first kappa shape index (κ1) is 13.6. The molecular formula is C16H21N3. The van der Waals surface area contributed by atoms with E-state index >= 15 is 0 Å². The van der Waals surface area contributed by atoms with E-state index in [4.69, 9.17) is 5.73 Å². The van der Waals surface area contributed by atoms with Crippen LogP contribution in [0.1, 0.15) is 24.1 Å². The summed E-state index contributed by atoms with van der Waals surface area (Å²) in [5.41, 5.74) is 9.74. The fourth-order valence-corrected chi connectivity index (χ4v) is 2.19. The maximum atomic E-state index is 6.02. The summed E-state index contributed by atoms with van der Waals surface area (Å²) >= 11 is 0. The van der Waals surface area contributed by atoms with Gasteiger partial charge in [-0.15, -0.1) is 0 Å². The van der Waals surface area contributed by atoms with Crippen LogP contribution in [0.25, 0.3) is 0 Å². The van der Waals surface area contributed by atoms with Crippen molar-refractivity contribution in [2.75, 3.05) is 18.5 Å². The largest absolute Gasteiger partial charge is 0.374 e. The minimum absolute atomic E-state index is 0.0552. The summed E-state index contributed by atoms with van der Waals surface area (Å²) in [7, 11) is 2.11. The molecule has 3 heteroatoms. The molecule has 0 radical (unpaired) electrons. The third-order valence-electron chi connectivity index (χ3n) is 3.32. The molecule has 2 rings (SSSR count). The van der Waals surface area contributed by atoms with Gasteiger partial charge >= 0.3 is 0 Å². The molecule has 0 spiro atoms. The van der Waals surface area contributed by atoms with Crippen molar-refractivity contribution in [1.82, 2.24) is 4.98 Å². The standard InChI is InChI=1S/C16H21N3/c1-13(17)15-5-3-4-6-16(15)19(2)12-9-14-7-10-18-11-8-14/h3-8,10-11,13H,9,12,17H2,1-2H3/t13-/m0/s1. The predicted octanol–water partition coefficient (Wildman–Crippen LogP) is 2.78. The van der Waals surface area contributed by atoms with Gasteiger partial charge in [-0.25, -0.2) is 0 Å². The number of pyridine rings is 1. The molecular weight excluding hydrogens is 234 g/mol. The number of hydrogen-bond donors (Lipinski definition) is 1. The molecule has 0 fully saturated rings. The first-order valence-corrected chi connectivity index (χ1v) is 6.63. The monoisotopic (exact) mass is 255 g/mol. The maximum Gasteiger partial charge on any atom is 0.0412 e. The number of benzene rings is 1.